The molecule has 1 N–H and O–H groups in total. The third-order valence-corrected chi connectivity index (χ3v) is 5.96. The standard InChI is InChI=1S/C24H22Cl2F2N4O2/c1-34-14-19-22(23(33)31-32-12-10-24(27,28)11-13-32)30-21(16-4-8-18(26)9-5-16)20(29-19)15-2-6-17(25)7-3-15/h2-9H,10-14H2,1H3,(H,31,33). The van der Waals surface area contributed by atoms with Gasteiger partial charge in [-0.2, -0.15) is 0 Å². The number of benzene rings is 2. The van der Waals surface area contributed by atoms with Gasteiger partial charge in [0.05, 0.1) is 23.7 Å². The highest BCUT2D eigenvalue weighted by Crippen LogP contribution is 2.32. The van der Waals surface area contributed by atoms with Crippen LogP contribution in [0.25, 0.3) is 22.5 Å². The molecule has 0 spiro atoms. The summed E-state index contributed by atoms with van der Waals surface area (Å²) in [6, 6.07) is 14.1. The fourth-order valence-corrected chi connectivity index (χ4v) is 3.90. The SMILES string of the molecule is COCc1nc(-c2ccc(Cl)cc2)c(-c2ccc(Cl)cc2)nc1C(=O)NN1CCC(F)(F)CC1. The minimum absolute atomic E-state index is 0.0370. The predicted molar refractivity (Wildman–Crippen MR) is 127 cm³/mol. The van der Waals surface area contributed by atoms with E-state index in [1.54, 1.807) is 36.4 Å². The molecule has 0 unspecified atom stereocenters. The highest BCUT2D eigenvalue weighted by atomic mass is 35.5. The number of nitrogens with zero attached hydrogens (tertiary/aromatic N) is 3. The van der Waals surface area contributed by atoms with Crippen LogP contribution in [0, 0.1) is 0 Å². The number of aromatic nitrogens is 2. The lowest BCUT2D eigenvalue weighted by atomic mass is 10.0. The minimum Gasteiger partial charge on any atom is -0.378 e. The number of alkyl halides is 2. The number of ether oxygens (including phenoxy) is 1. The molecule has 0 saturated carbocycles. The first-order valence-electron chi connectivity index (χ1n) is 10.6. The second-order valence-corrected chi connectivity index (χ2v) is 8.82. The Balaban J connectivity index is 1.76. The van der Waals surface area contributed by atoms with Crippen LogP contribution in [0.3, 0.4) is 0 Å². The van der Waals surface area contributed by atoms with Crippen molar-refractivity contribution in [3.8, 4) is 22.5 Å². The Hall–Kier alpha value is -2.65. The topological polar surface area (TPSA) is 67.3 Å². The molecule has 0 bridgehead atoms. The van der Waals surface area contributed by atoms with E-state index in [0.717, 1.165) is 5.56 Å². The van der Waals surface area contributed by atoms with Gasteiger partial charge in [-0.05, 0) is 24.3 Å². The first-order chi connectivity index (χ1) is 16.3. The molecule has 1 saturated heterocycles. The number of carbonyl (C=O) groups is 1. The zero-order chi connectivity index (χ0) is 24.3. The van der Waals surface area contributed by atoms with E-state index in [2.05, 4.69) is 10.4 Å². The molecule has 2 heterocycles. The fourth-order valence-electron chi connectivity index (χ4n) is 3.65. The summed E-state index contributed by atoms with van der Waals surface area (Å²) in [5, 5.41) is 2.61. The Labute approximate surface area is 205 Å². The van der Waals surface area contributed by atoms with Gasteiger partial charge in [-0.1, -0.05) is 47.5 Å². The summed E-state index contributed by atoms with van der Waals surface area (Å²) < 4.78 is 32.3. The number of nitrogens with one attached hydrogen (secondary N) is 1. The van der Waals surface area contributed by atoms with Gasteiger partial charge in [0, 0.05) is 54.2 Å². The Morgan fingerprint density at radius 2 is 1.47 bits per heavy atom. The molecule has 1 aliphatic rings. The van der Waals surface area contributed by atoms with Gasteiger partial charge in [0.25, 0.3) is 11.8 Å². The molecule has 34 heavy (non-hydrogen) atoms. The Morgan fingerprint density at radius 3 is 1.97 bits per heavy atom. The van der Waals surface area contributed by atoms with Crippen LogP contribution in [0.1, 0.15) is 29.0 Å². The second-order valence-electron chi connectivity index (χ2n) is 7.95. The van der Waals surface area contributed by atoms with Gasteiger partial charge in [0.15, 0.2) is 5.69 Å². The van der Waals surface area contributed by atoms with Crippen molar-refractivity contribution >= 4 is 29.1 Å². The van der Waals surface area contributed by atoms with Crippen molar-refractivity contribution in [2.45, 2.75) is 25.4 Å². The van der Waals surface area contributed by atoms with Crippen molar-refractivity contribution in [2.75, 3.05) is 20.2 Å². The highest BCUT2D eigenvalue weighted by Gasteiger charge is 2.35. The van der Waals surface area contributed by atoms with Crippen molar-refractivity contribution < 1.29 is 18.3 Å². The molecule has 1 fully saturated rings. The summed E-state index contributed by atoms with van der Waals surface area (Å²) in [7, 11) is 1.49. The third kappa shape index (κ3) is 5.70. The lowest BCUT2D eigenvalue weighted by Gasteiger charge is -2.31. The number of halogens is 4. The lowest BCUT2D eigenvalue weighted by molar-refractivity contribution is -0.0631. The quantitative estimate of drug-likeness (QED) is 0.468. The molecule has 0 aliphatic carbocycles. The average molecular weight is 507 g/mol. The number of hydrogen-bond donors (Lipinski definition) is 1. The van der Waals surface area contributed by atoms with Crippen LogP contribution in [-0.2, 0) is 11.3 Å². The number of rotatable bonds is 6. The van der Waals surface area contributed by atoms with Gasteiger partial charge in [0.2, 0.25) is 0 Å². The van der Waals surface area contributed by atoms with Crippen molar-refractivity contribution in [1.29, 1.82) is 0 Å². The first kappa shape index (κ1) is 24.5. The Kier molecular flexibility index (Phi) is 7.42. The molecule has 6 nitrogen and oxygen atoms in total. The van der Waals surface area contributed by atoms with Crippen molar-refractivity contribution in [2.24, 2.45) is 0 Å². The molecule has 1 aromatic heterocycles. The van der Waals surface area contributed by atoms with Crippen LogP contribution < -0.4 is 5.43 Å². The summed E-state index contributed by atoms with van der Waals surface area (Å²) in [5.74, 6) is -3.26. The van der Waals surface area contributed by atoms with Gasteiger partial charge < -0.3 is 4.74 Å². The van der Waals surface area contributed by atoms with E-state index in [1.807, 2.05) is 12.1 Å². The molecule has 4 rings (SSSR count). The molecule has 3 aromatic rings. The fraction of sp³-hybridized carbons (Fsp3) is 0.292. The average Bonchev–Trinajstić information content (AvgIpc) is 2.81. The molecule has 1 aliphatic heterocycles. The number of methoxy groups -OCH3 is 1. The van der Waals surface area contributed by atoms with Crippen molar-refractivity contribution in [1.82, 2.24) is 20.4 Å². The maximum atomic E-state index is 13.5. The molecule has 10 heteroatoms. The first-order valence-corrected chi connectivity index (χ1v) is 11.4. The summed E-state index contributed by atoms with van der Waals surface area (Å²) in [6.45, 7) is 0.118. The predicted octanol–water partition coefficient (Wildman–Crippen LogP) is 5.64. The van der Waals surface area contributed by atoms with Crippen molar-refractivity contribution in [3.63, 3.8) is 0 Å². The smallest absolute Gasteiger partial charge is 0.286 e. The van der Waals surface area contributed by atoms with E-state index >= 15 is 0 Å². The molecule has 178 valence electrons. The number of amides is 1. The monoisotopic (exact) mass is 506 g/mol. The van der Waals surface area contributed by atoms with E-state index in [0.29, 0.717) is 32.7 Å². The van der Waals surface area contributed by atoms with Crippen LogP contribution >= 0.6 is 23.2 Å². The van der Waals surface area contributed by atoms with Gasteiger partial charge in [0.1, 0.15) is 0 Å². The van der Waals surface area contributed by atoms with E-state index in [4.69, 9.17) is 32.9 Å². The zero-order valence-electron chi connectivity index (χ0n) is 18.3. The van der Waals surface area contributed by atoms with E-state index in [1.165, 1.54) is 12.1 Å². The summed E-state index contributed by atoms with van der Waals surface area (Å²) in [6.07, 6.45) is -0.648. The second kappa shape index (κ2) is 10.3. The van der Waals surface area contributed by atoms with Crippen LogP contribution in [0.15, 0.2) is 48.5 Å². The summed E-state index contributed by atoms with van der Waals surface area (Å²) in [5.41, 5.74) is 5.54. The molecule has 1 amide bonds. The van der Waals surface area contributed by atoms with Gasteiger partial charge in [-0.15, -0.1) is 0 Å². The largest absolute Gasteiger partial charge is 0.378 e. The number of piperidine rings is 1. The molecule has 0 radical (unpaired) electrons. The van der Waals surface area contributed by atoms with Gasteiger partial charge in [-0.3, -0.25) is 10.2 Å². The van der Waals surface area contributed by atoms with E-state index in [9.17, 15) is 13.6 Å². The highest BCUT2D eigenvalue weighted by molar-refractivity contribution is 6.31. The van der Waals surface area contributed by atoms with Crippen LogP contribution in [0.4, 0.5) is 8.78 Å². The zero-order valence-corrected chi connectivity index (χ0v) is 19.8. The van der Waals surface area contributed by atoms with Crippen molar-refractivity contribution in [3.05, 3.63) is 70.0 Å². The molecular weight excluding hydrogens is 485 g/mol. The van der Waals surface area contributed by atoms with Crippen LogP contribution in [-0.4, -0.2) is 47.0 Å². The molecular formula is C24H22Cl2F2N4O2. The van der Waals surface area contributed by atoms with Crippen LogP contribution in [0.5, 0.6) is 0 Å². The Morgan fingerprint density at radius 1 is 0.971 bits per heavy atom. The summed E-state index contributed by atoms with van der Waals surface area (Å²) in [4.78, 5) is 22.6. The third-order valence-electron chi connectivity index (χ3n) is 5.45. The number of carbonyl (C=O) groups excluding carboxylic acids is 1. The van der Waals surface area contributed by atoms with Gasteiger partial charge >= 0.3 is 0 Å². The van der Waals surface area contributed by atoms with Gasteiger partial charge in [-0.25, -0.2) is 23.8 Å². The number of hydrazine groups is 1. The normalized spacial score (nSPS) is 15.8. The Bertz CT molecular complexity index is 1160. The van der Waals surface area contributed by atoms with Crippen LogP contribution in [0.2, 0.25) is 10.0 Å². The number of hydrogen-bond acceptors (Lipinski definition) is 5. The molecule has 0 atom stereocenters. The van der Waals surface area contributed by atoms with E-state index < -0.39 is 11.8 Å². The van der Waals surface area contributed by atoms with E-state index in [-0.39, 0.29) is 38.2 Å². The summed E-state index contributed by atoms with van der Waals surface area (Å²) >= 11 is 12.1. The maximum Gasteiger partial charge on any atom is 0.286 e. The molecule has 2 aromatic carbocycles. The lowest BCUT2D eigenvalue weighted by Crippen LogP contribution is -2.49. The maximum absolute atomic E-state index is 13.5. The minimum atomic E-state index is -2.72.